The van der Waals surface area contributed by atoms with Crippen LogP contribution >= 0.6 is 11.6 Å². The van der Waals surface area contributed by atoms with Crippen LogP contribution in [0.25, 0.3) is 0 Å². The predicted octanol–water partition coefficient (Wildman–Crippen LogP) is 0.946. The first-order valence-electron chi connectivity index (χ1n) is 4.00. The van der Waals surface area contributed by atoms with Crippen LogP contribution in [0.1, 0.15) is 11.6 Å². The van der Waals surface area contributed by atoms with Crippen LogP contribution in [-0.2, 0) is 0 Å². The Kier molecular flexibility index (Phi) is 3.46. The molecular formula is C8H9ClN2O4. The van der Waals surface area contributed by atoms with Gasteiger partial charge in [0.2, 0.25) is 0 Å². The number of aliphatic hydroxyl groups excluding tert-OH is 1. The van der Waals surface area contributed by atoms with Crippen molar-refractivity contribution in [3.63, 3.8) is 0 Å². The standard InChI is InChI=1S/C8H9ClN2O4/c9-5-2-8(13)4(6(10)3-12)1-7(5)11(14)15/h1-2,6,12-13H,3,10H2/t6-/m1/s1. The third-order valence-electron chi connectivity index (χ3n) is 1.89. The fourth-order valence-corrected chi connectivity index (χ4v) is 1.33. The smallest absolute Gasteiger partial charge is 0.288 e. The topological polar surface area (TPSA) is 110 Å². The maximum absolute atomic E-state index is 10.5. The molecule has 1 atom stereocenters. The highest BCUT2D eigenvalue weighted by Gasteiger charge is 2.19. The van der Waals surface area contributed by atoms with Gasteiger partial charge >= 0.3 is 0 Å². The number of nitro benzene ring substituents is 1. The van der Waals surface area contributed by atoms with Gasteiger partial charge in [0.25, 0.3) is 5.69 Å². The van der Waals surface area contributed by atoms with E-state index in [9.17, 15) is 15.2 Å². The molecule has 0 aliphatic carbocycles. The number of nitrogens with two attached hydrogens (primary N) is 1. The summed E-state index contributed by atoms with van der Waals surface area (Å²) in [5.41, 5.74) is 5.18. The van der Waals surface area contributed by atoms with Gasteiger partial charge in [0, 0.05) is 17.7 Å². The molecule has 0 aromatic heterocycles. The van der Waals surface area contributed by atoms with Crippen molar-refractivity contribution >= 4 is 17.3 Å². The second kappa shape index (κ2) is 4.43. The zero-order valence-electron chi connectivity index (χ0n) is 7.55. The summed E-state index contributed by atoms with van der Waals surface area (Å²) in [6.07, 6.45) is 0. The van der Waals surface area contributed by atoms with E-state index in [2.05, 4.69) is 0 Å². The van der Waals surface area contributed by atoms with Gasteiger partial charge in [-0.2, -0.15) is 0 Å². The zero-order chi connectivity index (χ0) is 11.6. The van der Waals surface area contributed by atoms with E-state index in [1.165, 1.54) is 0 Å². The fourth-order valence-electron chi connectivity index (χ4n) is 1.10. The lowest BCUT2D eigenvalue weighted by Crippen LogP contribution is -2.14. The Bertz CT molecular complexity index is 396. The maximum atomic E-state index is 10.5. The molecule has 0 unspecified atom stereocenters. The highest BCUT2D eigenvalue weighted by Crippen LogP contribution is 2.33. The normalized spacial score (nSPS) is 12.5. The van der Waals surface area contributed by atoms with Gasteiger partial charge < -0.3 is 15.9 Å². The molecule has 0 amide bonds. The van der Waals surface area contributed by atoms with Crippen LogP contribution in [0, 0.1) is 10.1 Å². The van der Waals surface area contributed by atoms with E-state index in [1.54, 1.807) is 0 Å². The van der Waals surface area contributed by atoms with Crippen molar-refractivity contribution in [1.82, 2.24) is 0 Å². The summed E-state index contributed by atoms with van der Waals surface area (Å²) >= 11 is 5.54. The number of nitro groups is 1. The molecule has 0 bridgehead atoms. The van der Waals surface area contributed by atoms with Gasteiger partial charge in [0.05, 0.1) is 17.6 Å². The molecule has 0 saturated carbocycles. The first-order valence-corrected chi connectivity index (χ1v) is 4.38. The van der Waals surface area contributed by atoms with Crippen LogP contribution in [-0.4, -0.2) is 21.7 Å². The van der Waals surface area contributed by atoms with E-state index in [0.717, 1.165) is 12.1 Å². The van der Waals surface area contributed by atoms with Gasteiger partial charge in [-0.1, -0.05) is 11.6 Å². The molecule has 0 spiro atoms. The quantitative estimate of drug-likeness (QED) is 0.531. The molecule has 4 N–H and O–H groups in total. The molecule has 15 heavy (non-hydrogen) atoms. The summed E-state index contributed by atoms with van der Waals surface area (Å²) < 4.78 is 0. The Morgan fingerprint density at radius 1 is 1.60 bits per heavy atom. The van der Waals surface area contributed by atoms with Crippen LogP contribution in [0.4, 0.5) is 5.69 Å². The number of phenols is 1. The van der Waals surface area contributed by atoms with Crippen molar-refractivity contribution in [2.45, 2.75) is 6.04 Å². The number of hydrogen-bond acceptors (Lipinski definition) is 5. The third-order valence-corrected chi connectivity index (χ3v) is 2.19. The summed E-state index contributed by atoms with van der Waals surface area (Å²) in [5.74, 6) is -0.271. The summed E-state index contributed by atoms with van der Waals surface area (Å²) in [5, 5.41) is 28.5. The number of hydrogen-bond donors (Lipinski definition) is 3. The molecule has 0 heterocycles. The number of halogens is 1. The van der Waals surface area contributed by atoms with Gasteiger partial charge in [0.15, 0.2) is 0 Å². The molecule has 0 radical (unpaired) electrons. The largest absolute Gasteiger partial charge is 0.508 e. The summed E-state index contributed by atoms with van der Waals surface area (Å²) in [4.78, 5) is 9.85. The third kappa shape index (κ3) is 2.35. The van der Waals surface area contributed by atoms with Crippen molar-refractivity contribution in [2.75, 3.05) is 6.61 Å². The summed E-state index contributed by atoms with van der Waals surface area (Å²) in [7, 11) is 0. The van der Waals surface area contributed by atoms with Crippen LogP contribution < -0.4 is 5.73 Å². The van der Waals surface area contributed by atoms with E-state index in [4.69, 9.17) is 22.4 Å². The van der Waals surface area contributed by atoms with Crippen molar-refractivity contribution in [2.24, 2.45) is 5.73 Å². The lowest BCUT2D eigenvalue weighted by Gasteiger charge is -2.10. The van der Waals surface area contributed by atoms with E-state index in [-0.39, 0.29) is 22.0 Å². The minimum atomic E-state index is -0.874. The Hall–Kier alpha value is -1.37. The number of benzene rings is 1. The predicted molar refractivity (Wildman–Crippen MR) is 53.8 cm³/mol. The van der Waals surface area contributed by atoms with Gasteiger partial charge in [-0.05, 0) is 0 Å². The lowest BCUT2D eigenvalue weighted by atomic mass is 10.1. The summed E-state index contributed by atoms with van der Waals surface area (Å²) in [6.45, 7) is -0.424. The SMILES string of the molecule is N[C@H](CO)c1cc([N+](=O)[O-])c(Cl)cc1O. The molecule has 82 valence electrons. The number of aliphatic hydroxyl groups is 1. The van der Waals surface area contributed by atoms with E-state index in [1.807, 2.05) is 0 Å². The molecule has 6 nitrogen and oxygen atoms in total. The maximum Gasteiger partial charge on any atom is 0.288 e. The van der Waals surface area contributed by atoms with Crippen LogP contribution in [0.15, 0.2) is 12.1 Å². The number of nitrogens with zero attached hydrogens (tertiary/aromatic N) is 1. The molecule has 7 heteroatoms. The Morgan fingerprint density at radius 2 is 2.20 bits per heavy atom. The summed E-state index contributed by atoms with van der Waals surface area (Å²) in [6, 6.07) is 1.21. The van der Waals surface area contributed by atoms with E-state index < -0.39 is 17.6 Å². The number of rotatable bonds is 3. The highest BCUT2D eigenvalue weighted by atomic mass is 35.5. The van der Waals surface area contributed by atoms with E-state index in [0.29, 0.717) is 0 Å². The van der Waals surface area contributed by atoms with Crippen molar-refractivity contribution in [1.29, 1.82) is 0 Å². The molecule has 1 rings (SSSR count). The second-order valence-corrected chi connectivity index (χ2v) is 3.32. The average Bonchev–Trinajstić information content (AvgIpc) is 2.16. The Labute approximate surface area is 90.0 Å². The first-order chi connectivity index (χ1) is 6.97. The second-order valence-electron chi connectivity index (χ2n) is 2.91. The van der Waals surface area contributed by atoms with Gasteiger partial charge in [-0.3, -0.25) is 10.1 Å². The lowest BCUT2D eigenvalue weighted by molar-refractivity contribution is -0.384. The Balaban J connectivity index is 3.29. The van der Waals surface area contributed by atoms with E-state index >= 15 is 0 Å². The number of aromatic hydroxyl groups is 1. The van der Waals surface area contributed by atoms with Crippen LogP contribution in [0.5, 0.6) is 5.75 Å². The zero-order valence-corrected chi connectivity index (χ0v) is 8.31. The molecule has 1 aromatic carbocycles. The van der Waals surface area contributed by atoms with Crippen molar-refractivity contribution < 1.29 is 15.1 Å². The van der Waals surface area contributed by atoms with Crippen LogP contribution in [0.3, 0.4) is 0 Å². The molecule has 0 aliphatic rings. The van der Waals surface area contributed by atoms with Gasteiger partial charge in [-0.25, -0.2) is 0 Å². The minimum Gasteiger partial charge on any atom is -0.508 e. The molecule has 1 aromatic rings. The van der Waals surface area contributed by atoms with Gasteiger partial charge in [0.1, 0.15) is 10.8 Å². The highest BCUT2D eigenvalue weighted by molar-refractivity contribution is 6.32. The van der Waals surface area contributed by atoms with Crippen molar-refractivity contribution in [3.8, 4) is 5.75 Å². The minimum absolute atomic E-state index is 0.0913. The molecule has 0 fully saturated rings. The molecule has 0 aliphatic heterocycles. The van der Waals surface area contributed by atoms with Crippen LogP contribution in [0.2, 0.25) is 5.02 Å². The van der Waals surface area contributed by atoms with Gasteiger partial charge in [-0.15, -0.1) is 0 Å². The van der Waals surface area contributed by atoms with Crippen molar-refractivity contribution in [3.05, 3.63) is 32.8 Å². The molecule has 0 saturated heterocycles. The molecular weight excluding hydrogens is 224 g/mol. The Morgan fingerprint density at radius 3 is 2.67 bits per heavy atom. The first kappa shape index (κ1) is 11.7. The number of phenolic OH excluding ortho intramolecular Hbond substituents is 1. The fraction of sp³-hybridized carbons (Fsp3) is 0.250. The monoisotopic (exact) mass is 232 g/mol. The average molecular weight is 233 g/mol.